The zero-order chi connectivity index (χ0) is 17.9. The molecule has 0 heterocycles. The molecule has 0 spiro atoms. The Labute approximate surface area is 145 Å². The molecule has 2 rings (SSSR count). The lowest BCUT2D eigenvalue weighted by Crippen LogP contribution is -2.26. The van der Waals surface area contributed by atoms with Gasteiger partial charge in [-0.05, 0) is 29.8 Å². The van der Waals surface area contributed by atoms with Crippen molar-refractivity contribution < 1.29 is 17.6 Å². The average molecular weight is 371 g/mol. The van der Waals surface area contributed by atoms with Crippen LogP contribution in [-0.4, -0.2) is 32.7 Å². The molecule has 0 aromatic heterocycles. The minimum absolute atomic E-state index is 0.0453. The van der Waals surface area contributed by atoms with Crippen molar-refractivity contribution in [3.8, 4) is 0 Å². The van der Waals surface area contributed by atoms with Gasteiger partial charge in [0.05, 0.1) is 0 Å². The first-order chi connectivity index (χ1) is 11.2. The van der Waals surface area contributed by atoms with Crippen molar-refractivity contribution in [2.45, 2.75) is 11.4 Å². The van der Waals surface area contributed by atoms with Gasteiger partial charge in [-0.3, -0.25) is 4.79 Å². The van der Waals surface area contributed by atoms with Gasteiger partial charge >= 0.3 is 0 Å². The molecule has 1 amide bonds. The van der Waals surface area contributed by atoms with E-state index in [1.807, 2.05) is 0 Å². The van der Waals surface area contributed by atoms with Crippen LogP contribution in [0.2, 0.25) is 5.02 Å². The number of benzene rings is 2. The van der Waals surface area contributed by atoms with Crippen molar-refractivity contribution in [1.82, 2.24) is 9.62 Å². The van der Waals surface area contributed by atoms with E-state index in [2.05, 4.69) is 5.32 Å². The summed E-state index contributed by atoms with van der Waals surface area (Å²) < 4.78 is 38.9. The van der Waals surface area contributed by atoms with Crippen LogP contribution in [-0.2, 0) is 16.6 Å². The van der Waals surface area contributed by atoms with Crippen molar-refractivity contribution in [2.75, 3.05) is 14.1 Å². The summed E-state index contributed by atoms with van der Waals surface area (Å²) in [4.78, 5) is 11.7. The first-order valence-electron chi connectivity index (χ1n) is 6.97. The Morgan fingerprint density at radius 1 is 1.21 bits per heavy atom. The maximum Gasteiger partial charge on any atom is 0.251 e. The number of amides is 1. The molecule has 1 N–H and O–H groups in total. The van der Waals surface area contributed by atoms with E-state index in [4.69, 9.17) is 11.6 Å². The molecule has 0 saturated heterocycles. The van der Waals surface area contributed by atoms with Crippen molar-refractivity contribution in [3.05, 3.63) is 64.4 Å². The van der Waals surface area contributed by atoms with Crippen LogP contribution in [0.5, 0.6) is 0 Å². The summed E-state index contributed by atoms with van der Waals surface area (Å²) in [5.74, 6) is -1.43. The maximum absolute atomic E-state index is 13.8. The molecule has 5 nitrogen and oxygen atoms in total. The number of hydrogen-bond acceptors (Lipinski definition) is 3. The number of carbonyl (C=O) groups excluding carboxylic acids is 1. The lowest BCUT2D eigenvalue weighted by atomic mass is 10.2. The topological polar surface area (TPSA) is 66.5 Å². The summed E-state index contributed by atoms with van der Waals surface area (Å²) in [6.45, 7) is 0.172. The molecular weight excluding hydrogens is 355 g/mol. The largest absolute Gasteiger partial charge is 0.348 e. The van der Waals surface area contributed by atoms with Gasteiger partial charge < -0.3 is 5.32 Å². The zero-order valence-electron chi connectivity index (χ0n) is 13.1. The predicted octanol–water partition coefficient (Wildman–Crippen LogP) is 2.66. The molecule has 0 aliphatic carbocycles. The minimum atomic E-state index is -3.98. The third-order valence-corrected chi connectivity index (χ3v) is 5.55. The Morgan fingerprint density at radius 2 is 1.88 bits per heavy atom. The summed E-state index contributed by atoms with van der Waals surface area (Å²) in [5, 5.41) is 3.14. The Kier molecular flexibility index (Phi) is 5.58. The second-order valence-corrected chi connectivity index (χ2v) is 7.73. The van der Waals surface area contributed by atoms with E-state index >= 15 is 0 Å². The zero-order valence-corrected chi connectivity index (χ0v) is 14.7. The average Bonchev–Trinajstić information content (AvgIpc) is 2.54. The molecule has 0 fully saturated rings. The number of halogens is 2. The van der Waals surface area contributed by atoms with Crippen molar-refractivity contribution >= 4 is 27.5 Å². The van der Waals surface area contributed by atoms with Gasteiger partial charge in [0.25, 0.3) is 5.91 Å². The van der Waals surface area contributed by atoms with Crippen LogP contribution in [0.4, 0.5) is 4.39 Å². The van der Waals surface area contributed by atoms with E-state index in [0.717, 1.165) is 22.0 Å². The predicted molar refractivity (Wildman–Crippen MR) is 89.9 cm³/mol. The number of carbonyl (C=O) groups is 1. The van der Waals surface area contributed by atoms with E-state index < -0.39 is 26.6 Å². The second-order valence-electron chi connectivity index (χ2n) is 5.21. The lowest BCUT2D eigenvalue weighted by molar-refractivity contribution is 0.0950. The van der Waals surface area contributed by atoms with Crippen molar-refractivity contribution in [3.63, 3.8) is 0 Å². The highest BCUT2D eigenvalue weighted by molar-refractivity contribution is 7.89. The normalized spacial score (nSPS) is 11.5. The summed E-state index contributed by atoms with van der Waals surface area (Å²) >= 11 is 6.01. The van der Waals surface area contributed by atoms with Gasteiger partial charge in [-0.2, -0.15) is 0 Å². The van der Waals surface area contributed by atoms with Crippen LogP contribution < -0.4 is 5.32 Å². The monoisotopic (exact) mass is 370 g/mol. The first-order valence-corrected chi connectivity index (χ1v) is 8.79. The molecule has 0 aliphatic rings. The third-order valence-electron chi connectivity index (χ3n) is 3.35. The molecule has 2 aromatic carbocycles. The summed E-state index contributed by atoms with van der Waals surface area (Å²) in [7, 11) is -1.40. The fourth-order valence-electron chi connectivity index (χ4n) is 1.96. The van der Waals surface area contributed by atoms with Gasteiger partial charge in [0.1, 0.15) is 10.7 Å². The van der Waals surface area contributed by atoms with E-state index in [1.165, 1.54) is 20.2 Å². The number of rotatable bonds is 5. The maximum atomic E-state index is 13.8. The van der Waals surface area contributed by atoms with Gasteiger partial charge in [-0.15, -0.1) is 0 Å². The van der Waals surface area contributed by atoms with Gasteiger partial charge in [-0.25, -0.2) is 17.1 Å². The van der Waals surface area contributed by atoms with Gasteiger partial charge in [-0.1, -0.05) is 29.8 Å². The second kappa shape index (κ2) is 7.29. The Morgan fingerprint density at radius 3 is 2.50 bits per heavy atom. The van der Waals surface area contributed by atoms with Crippen LogP contribution in [0.25, 0.3) is 0 Å². The lowest BCUT2D eigenvalue weighted by Gasteiger charge is -2.13. The standard InChI is InChI=1S/C16H16ClFN2O3S/c1-20(2)24(22,23)15-9-11(7-8-14(15)18)16(21)19-10-12-5-3-4-6-13(12)17/h3-9H,10H2,1-2H3,(H,19,21). The Bertz CT molecular complexity index is 869. The number of hydrogen-bond donors (Lipinski definition) is 1. The molecule has 128 valence electrons. The van der Waals surface area contributed by atoms with Gasteiger partial charge in [0, 0.05) is 31.2 Å². The molecule has 0 unspecified atom stereocenters. The van der Waals surface area contributed by atoms with Gasteiger partial charge in [0.15, 0.2) is 0 Å². The highest BCUT2D eigenvalue weighted by Crippen LogP contribution is 2.20. The molecule has 0 bridgehead atoms. The van der Waals surface area contributed by atoms with Crippen LogP contribution in [0.15, 0.2) is 47.4 Å². The van der Waals surface area contributed by atoms with Crippen molar-refractivity contribution in [1.29, 1.82) is 0 Å². The fourth-order valence-corrected chi connectivity index (χ4v) is 3.14. The van der Waals surface area contributed by atoms with Crippen LogP contribution >= 0.6 is 11.6 Å². The van der Waals surface area contributed by atoms with Crippen molar-refractivity contribution in [2.24, 2.45) is 0 Å². The van der Waals surface area contributed by atoms with Crippen LogP contribution in [0.1, 0.15) is 15.9 Å². The molecule has 0 saturated carbocycles. The SMILES string of the molecule is CN(C)S(=O)(=O)c1cc(C(=O)NCc2ccccc2Cl)ccc1F. The summed E-state index contributed by atoms with van der Waals surface area (Å²) in [6.07, 6.45) is 0. The minimum Gasteiger partial charge on any atom is -0.348 e. The van der Waals surface area contributed by atoms with Gasteiger partial charge in [0.2, 0.25) is 10.0 Å². The van der Waals surface area contributed by atoms with Crippen LogP contribution in [0, 0.1) is 5.82 Å². The molecule has 0 atom stereocenters. The molecule has 2 aromatic rings. The molecule has 0 radical (unpaired) electrons. The smallest absolute Gasteiger partial charge is 0.251 e. The molecular formula is C16H16ClFN2O3S. The molecule has 8 heteroatoms. The first kappa shape index (κ1) is 18.4. The number of sulfonamides is 1. The summed E-state index contributed by atoms with van der Waals surface area (Å²) in [5.41, 5.74) is 0.764. The highest BCUT2D eigenvalue weighted by Gasteiger charge is 2.23. The van der Waals surface area contributed by atoms with E-state index in [9.17, 15) is 17.6 Å². The van der Waals surface area contributed by atoms with E-state index in [-0.39, 0.29) is 12.1 Å². The quantitative estimate of drug-likeness (QED) is 0.879. The number of nitrogens with zero attached hydrogens (tertiary/aromatic N) is 1. The fraction of sp³-hybridized carbons (Fsp3) is 0.188. The highest BCUT2D eigenvalue weighted by atomic mass is 35.5. The summed E-state index contributed by atoms with van der Waals surface area (Å²) in [6, 6.07) is 10.2. The Balaban J connectivity index is 2.23. The third kappa shape index (κ3) is 3.92. The molecule has 24 heavy (non-hydrogen) atoms. The van der Waals surface area contributed by atoms with Crippen LogP contribution in [0.3, 0.4) is 0 Å². The van der Waals surface area contributed by atoms with E-state index in [0.29, 0.717) is 5.02 Å². The van der Waals surface area contributed by atoms with E-state index in [1.54, 1.807) is 24.3 Å². The number of nitrogens with one attached hydrogen (secondary N) is 1. The Hall–Kier alpha value is -1.96. The molecule has 0 aliphatic heterocycles.